The zero-order chi connectivity index (χ0) is 12.7. The van der Waals surface area contributed by atoms with E-state index in [-0.39, 0.29) is 5.92 Å². The summed E-state index contributed by atoms with van der Waals surface area (Å²) in [7, 11) is 0. The smallest absolute Gasteiger partial charge is 0.157 e. The third kappa shape index (κ3) is 1.31. The molecule has 4 N–H and O–H groups in total. The van der Waals surface area contributed by atoms with Gasteiger partial charge in [0.05, 0.1) is 30.1 Å². The van der Waals surface area contributed by atoms with Crippen LogP contribution in [-0.2, 0) is 0 Å². The molecule has 0 radical (unpaired) electrons. The predicted octanol–water partition coefficient (Wildman–Crippen LogP) is 1.56. The summed E-state index contributed by atoms with van der Waals surface area (Å²) >= 11 is 0. The number of nitrogens with zero attached hydrogens (tertiary/aromatic N) is 2. The van der Waals surface area contributed by atoms with Crippen molar-refractivity contribution in [2.75, 3.05) is 5.32 Å². The molecule has 6 heteroatoms. The molecule has 0 amide bonds. The number of aromatic nitrogens is 2. The van der Waals surface area contributed by atoms with Crippen LogP contribution in [0, 0.1) is 18.3 Å². The summed E-state index contributed by atoms with van der Waals surface area (Å²) < 4.78 is 5.10. The summed E-state index contributed by atoms with van der Waals surface area (Å²) in [6.07, 6.45) is 3.20. The quantitative estimate of drug-likeness (QED) is 0.702. The highest BCUT2D eigenvalue weighted by atomic mass is 16.3. The van der Waals surface area contributed by atoms with Crippen LogP contribution in [0.15, 0.2) is 34.4 Å². The van der Waals surface area contributed by atoms with Gasteiger partial charge < -0.3 is 15.5 Å². The number of allylic oxidation sites excluding steroid dienone is 1. The molecule has 2 aromatic heterocycles. The van der Waals surface area contributed by atoms with Gasteiger partial charge in [0.2, 0.25) is 0 Å². The number of rotatable bonds is 1. The summed E-state index contributed by atoms with van der Waals surface area (Å²) in [5.74, 6) is 0.765. The number of aromatic amines is 1. The highest BCUT2D eigenvalue weighted by molar-refractivity contribution is 5.65. The molecule has 3 heterocycles. The Bertz CT molecular complexity index is 659. The number of nitrogens with one attached hydrogen (secondary N) is 2. The summed E-state index contributed by atoms with van der Waals surface area (Å²) in [6, 6.07) is 3.99. The average molecular weight is 241 g/mol. The molecule has 0 aromatic carbocycles. The first-order chi connectivity index (χ1) is 8.72. The number of hydrogen-bond donors (Lipinski definition) is 3. The minimum absolute atomic E-state index is 0.233. The lowest BCUT2D eigenvalue weighted by Crippen LogP contribution is -2.22. The van der Waals surface area contributed by atoms with Gasteiger partial charge in [0.15, 0.2) is 5.82 Å². The Kier molecular flexibility index (Phi) is 2.13. The van der Waals surface area contributed by atoms with E-state index in [1.165, 1.54) is 0 Å². The highest BCUT2D eigenvalue weighted by Gasteiger charge is 2.32. The van der Waals surface area contributed by atoms with Crippen molar-refractivity contribution in [3.63, 3.8) is 0 Å². The Balaban J connectivity index is 2.25. The van der Waals surface area contributed by atoms with E-state index in [2.05, 4.69) is 21.6 Å². The predicted molar refractivity (Wildman–Crippen MR) is 64.3 cm³/mol. The molecule has 0 saturated carbocycles. The van der Waals surface area contributed by atoms with Gasteiger partial charge in [-0.2, -0.15) is 10.4 Å². The minimum atomic E-state index is -0.233. The Labute approximate surface area is 103 Å². The zero-order valence-electron chi connectivity index (χ0n) is 9.69. The van der Waals surface area contributed by atoms with E-state index in [1.807, 2.05) is 13.0 Å². The molecule has 0 bridgehead atoms. The molecule has 1 aliphatic heterocycles. The topological polar surface area (TPSA) is 104 Å². The first-order valence-corrected chi connectivity index (χ1v) is 5.46. The van der Waals surface area contributed by atoms with Crippen LogP contribution < -0.4 is 11.1 Å². The molecule has 1 aliphatic rings. The fourth-order valence-electron chi connectivity index (χ4n) is 2.28. The van der Waals surface area contributed by atoms with Crippen LogP contribution in [0.25, 0.3) is 0 Å². The number of H-pyrrole nitrogens is 1. The largest absolute Gasteiger partial charge is 0.472 e. The van der Waals surface area contributed by atoms with Gasteiger partial charge in [0.25, 0.3) is 0 Å². The van der Waals surface area contributed by atoms with Crippen LogP contribution in [0.1, 0.15) is 22.7 Å². The van der Waals surface area contributed by atoms with Crippen molar-refractivity contribution in [2.45, 2.75) is 12.8 Å². The van der Waals surface area contributed by atoms with E-state index in [4.69, 9.17) is 10.2 Å². The molecule has 2 aromatic rings. The molecular formula is C12H11N5O. The summed E-state index contributed by atoms with van der Waals surface area (Å²) in [6.45, 7) is 1.91. The van der Waals surface area contributed by atoms with Crippen LogP contribution in [0.3, 0.4) is 0 Å². The first-order valence-electron chi connectivity index (χ1n) is 5.46. The molecule has 90 valence electrons. The lowest BCUT2D eigenvalue weighted by atomic mass is 9.84. The van der Waals surface area contributed by atoms with Gasteiger partial charge in [0.1, 0.15) is 5.82 Å². The second-order valence-electron chi connectivity index (χ2n) is 4.16. The summed E-state index contributed by atoms with van der Waals surface area (Å²) in [5.41, 5.74) is 9.08. The first kappa shape index (κ1) is 10.5. The summed E-state index contributed by atoms with van der Waals surface area (Å²) in [5, 5.41) is 19.3. The van der Waals surface area contributed by atoms with Crippen molar-refractivity contribution >= 4 is 5.82 Å². The van der Waals surface area contributed by atoms with Crippen LogP contribution in [0.5, 0.6) is 0 Å². The van der Waals surface area contributed by atoms with Crippen molar-refractivity contribution < 1.29 is 4.42 Å². The van der Waals surface area contributed by atoms with Gasteiger partial charge in [0, 0.05) is 16.8 Å². The van der Waals surface area contributed by atoms with Gasteiger partial charge in [-0.1, -0.05) is 0 Å². The number of anilines is 1. The van der Waals surface area contributed by atoms with E-state index in [0.29, 0.717) is 17.2 Å². The SMILES string of the molecule is Cc1[nH]nc2c1[C@@H](c1ccoc1)C(C#N)=C(N)N2. The van der Waals surface area contributed by atoms with Gasteiger partial charge in [-0.3, -0.25) is 5.10 Å². The molecule has 6 nitrogen and oxygen atoms in total. The number of fused-ring (bicyclic) bond motifs is 1. The maximum atomic E-state index is 9.30. The van der Waals surface area contributed by atoms with E-state index in [9.17, 15) is 5.26 Å². The van der Waals surface area contributed by atoms with Crippen molar-refractivity contribution in [1.29, 1.82) is 5.26 Å². The molecule has 0 saturated heterocycles. The maximum Gasteiger partial charge on any atom is 0.157 e. The van der Waals surface area contributed by atoms with Crippen LogP contribution in [0.4, 0.5) is 5.82 Å². The fraction of sp³-hybridized carbons (Fsp3) is 0.167. The Morgan fingerprint density at radius 3 is 3.06 bits per heavy atom. The summed E-state index contributed by atoms with van der Waals surface area (Å²) in [4.78, 5) is 0. The molecule has 1 atom stereocenters. The van der Waals surface area contributed by atoms with Crippen LogP contribution >= 0.6 is 0 Å². The molecule has 0 spiro atoms. The number of nitriles is 1. The van der Waals surface area contributed by atoms with E-state index < -0.39 is 0 Å². The van der Waals surface area contributed by atoms with Gasteiger partial charge >= 0.3 is 0 Å². The van der Waals surface area contributed by atoms with Gasteiger partial charge in [-0.15, -0.1) is 0 Å². The normalized spacial score (nSPS) is 18.1. The number of hydrogen-bond acceptors (Lipinski definition) is 5. The second kappa shape index (κ2) is 3.67. The number of furan rings is 1. The maximum absolute atomic E-state index is 9.30. The minimum Gasteiger partial charge on any atom is -0.472 e. The number of aryl methyl sites for hydroxylation is 1. The lowest BCUT2D eigenvalue weighted by Gasteiger charge is -2.23. The van der Waals surface area contributed by atoms with Crippen molar-refractivity contribution in [1.82, 2.24) is 10.2 Å². The van der Waals surface area contributed by atoms with Crippen LogP contribution in [0.2, 0.25) is 0 Å². The monoisotopic (exact) mass is 241 g/mol. The van der Waals surface area contributed by atoms with E-state index >= 15 is 0 Å². The molecule has 0 fully saturated rings. The van der Waals surface area contributed by atoms with Crippen molar-refractivity contribution in [3.05, 3.63) is 46.8 Å². The van der Waals surface area contributed by atoms with E-state index in [0.717, 1.165) is 16.8 Å². The molecular weight excluding hydrogens is 230 g/mol. The zero-order valence-corrected chi connectivity index (χ0v) is 9.69. The molecule has 3 rings (SSSR count). The Morgan fingerprint density at radius 1 is 1.56 bits per heavy atom. The van der Waals surface area contributed by atoms with Crippen LogP contribution in [-0.4, -0.2) is 10.2 Å². The highest BCUT2D eigenvalue weighted by Crippen LogP contribution is 2.41. The second-order valence-corrected chi connectivity index (χ2v) is 4.16. The third-order valence-corrected chi connectivity index (χ3v) is 3.11. The standard InChI is InChI=1S/C12H11N5O/c1-6-9-10(7-2-3-18-5-7)8(4-13)11(14)15-12(9)17-16-6/h2-3,5,10H,14H2,1H3,(H2,15,16,17)/t10-/m0/s1. The van der Waals surface area contributed by atoms with Gasteiger partial charge in [-0.25, -0.2) is 0 Å². The fourth-order valence-corrected chi connectivity index (χ4v) is 2.28. The van der Waals surface area contributed by atoms with E-state index in [1.54, 1.807) is 12.5 Å². The Morgan fingerprint density at radius 2 is 2.39 bits per heavy atom. The number of nitrogens with two attached hydrogens (primary N) is 1. The molecule has 0 aliphatic carbocycles. The van der Waals surface area contributed by atoms with Crippen molar-refractivity contribution in [3.8, 4) is 6.07 Å². The molecule has 18 heavy (non-hydrogen) atoms. The lowest BCUT2D eigenvalue weighted by molar-refractivity contribution is 0.563. The van der Waals surface area contributed by atoms with Gasteiger partial charge in [-0.05, 0) is 13.0 Å². The third-order valence-electron chi connectivity index (χ3n) is 3.11. The molecule has 0 unspecified atom stereocenters. The van der Waals surface area contributed by atoms with Crippen molar-refractivity contribution in [2.24, 2.45) is 5.73 Å². The average Bonchev–Trinajstić information content (AvgIpc) is 2.98. The Hall–Kier alpha value is -2.68.